The first-order valence-corrected chi connectivity index (χ1v) is 11.4. The van der Waals surface area contributed by atoms with Gasteiger partial charge in [-0.1, -0.05) is 6.07 Å². The van der Waals surface area contributed by atoms with Gasteiger partial charge in [-0.3, -0.25) is 5.32 Å². The molecule has 1 fully saturated rings. The monoisotopic (exact) mass is 469 g/mol. The molecular formula is C23H31N7O2S. The van der Waals surface area contributed by atoms with Crippen LogP contribution < -0.4 is 10.6 Å². The van der Waals surface area contributed by atoms with Gasteiger partial charge in [-0.2, -0.15) is 4.99 Å². The van der Waals surface area contributed by atoms with Gasteiger partial charge in [0.05, 0.1) is 6.61 Å². The number of piperazine rings is 1. The minimum atomic E-state index is -0.298. The van der Waals surface area contributed by atoms with Gasteiger partial charge in [0.15, 0.2) is 0 Å². The molecule has 1 saturated heterocycles. The average Bonchev–Trinajstić information content (AvgIpc) is 2.72. The van der Waals surface area contributed by atoms with Crippen LogP contribution in [0, 0.1) is 27.7 Å². The number of anilines is 2. The molecule has 0 aliphatic carbocycles. The number of hydrogen-bond donors (Lipinski definition) is 2. The first kappa shape index (κ1) is 24.4. The van der Waals surface area contributed by atoms with Crippen molar-refractivity contribution >= 4 is 41.0 Å². The molecule has 1 amide bonds. The number of aliphatic imine (C=N–C) groups is 1. The van der Waals surface area contributed by atoms with Crippen LogP contribution in [0.5, 0.6) is 0 Å². The van der Waals surface area contributed by atoms with Gasteiger partial charge in [0, 0.05) is 43.3 Å². The molecular weight excluding hydrogens is 438 g/mol. The zero-order chi connectivity index (χ0) is 24.0. The Kier molecular flexibility index (Phi) is 8.16. The summed E-state index contributed by atoms with van der Waals surface area (Å²) in [6, 6.07) is 8.05. The lowest BCUT2D eigenvalue weighted by Gasteiger charge is -2.35. The molecule has 10 heteroatoms. The zero-order valence-corrected chi connectivity index (χ0v) is 20.6. The summed E-state index contributed by atoms with van der Waals surface area (Å²) >= 11 is 5.54. The van der Waals surface area contributed by atoms with E-state index in [-0.39, 0.29) is 6.09 Å². The summed E-state index contributed by atoms with van der Waals surface area (Å²) in [7, 11) is 0. The second-order valence-electron chi connectivity index (χ2n) is 8.01. The van der Waals surface area contributed by atoms with Crippen molar-refractivity contribution in [1.82, 2.24) is 19.8 Å². The number of carbonyl (C=O) groups excluding carboxylic acids is 1. The van der Waals surface area contributed by atoms with Gasteiger partial charge in [-0.25, -0.2) is 14.8 Å². The minimum Gasteiger partial charge on any atom is -0.450 e. The summed E-state index contributed by atoms with van der Waals surface area (Å²) in [5, 5.41) is 6.75. The summed E-state index contributed by atoms with van der Waals surface area (Å²) < 4.78 is 5.12. The fraction of sp³-hybridized carbons (Fsp3) is 0.435. The second kappa shape index (κ2) is 11.0. The molecule has 0 bridgehead atoms. The van der Waals surface area contributed by atoms with Gasteiger partial charge in [-0.15, -0.1) is 0 Å². The highest BCUT2D eigenvalue weighted by molar-refractivity contribution is 7.80. The molecule has 1 aliphatic rings. The van der Waals surface area contributed by atoms with Crippen molar-refractivity contribution in [3.63, 3.8) is 0 Å². The van der Waals surface area contributed by atoms with Crippen LogP contribution in [0.15, 0.2) is 29.3 Å². The maximum atomic E-state index is 12.1. The Morgan fingerprint density at radius 3 is 2.12 bits per heavy atom. The van der Waals surface area contributed by atoms with E-state index < -0.39 is 0 Å². The van der Waals surface area contributed by atoms with Gasteiger partial charge < -0.3 is 19.9 Å². The van der Waals surface area contributed by atoms with E-state index in [2.05, 4.69) is 31.7 Å². The van der Waals surface area contributed by atoms with Crippen molar-refractivity contribution in [3.8, 4) is 0 Å². The van der Waals surface area contributed by atoms with E-state index in [0.717, 1.165) is 28.2 Å². The number of rotatable bonds is 3. The van der Waals surface area contributed by atoms with Crippen LogP contribution in [0.4, 0.5) is 16.4 Å². The first-order valence-electron chi connectivity index (χ1n) is 11.0. The summed E-state index contributed by atoms with van der Waals surface area (Å²) in [6.45, 7) is 12.3. The number of ether oxygens (including phenoxy) is 1. The number of thiocarbonyl (C=S) groups is 1. The third kappa shape index (κ3) is 7.11. The highest BCUT2D eigenvalue weighted by Crippen LogP contribution is 2.15. The molecule has 0 unspecified atom stereocenters. The van der Waals surface area contributed by atoms with Gasteiger partial charge >= 0.3 is 6.09 Å². The fourth-order valence-electron chi connectivity index (χ4n) is 3.67. The van der Waals surface area contributed by atoms with Gasteiger partial charge in [0.1, 0.15) is 0 Å². The molecule has 33 heavy (non-hydrogen) atoms. The van der Waals surface area contributed by atoms with Gasteiger partial charge in [-0.05, 0) is 76.2 Å². The average molecular weight is 470 g/mol. The molecule has 2 aromatic rings. The molecule has 1 aromatic carbocycles. The van der Waals surface area contributed by atoms with E-state index in [1.54, 1.807) is 11.8 Å². The first-order chi connectivity index (χ1) is 15.7. The number of amides is 1. The molecule has 1 aliphatic heterocycles. The smallest absolute Gasteiger partial charge is 0.409 e. The van der Waals surface area contributed by atoms with E-state index >= 15 is 0 Å². The maximum absolute atomic E-state index is 12.1. The van der Waals surface area contributed by atoms with E-state index in [1.807, 2.05) is 50.8 Å². The normalized spacial score (nSPS) is 14.2. The molecule has 2 N–H and O–H groups in total. The number of nitrogens with zero attached hydrogens (tertiary/aromatic N) is 5. The Labute approximate surface area is 200 Å². The second-order valence-corrected chi connectivity index (χ2v) is 8.40. The number of hydrogen-bond acceptors (Lipinski definition) is 5. The number of nitrogens with one attached hydrogen (secondary N) is 2. The summed E-state index contributed by atoms with van der Waals surface area (Å²) in [4.78, 5) is 29.4. The highest BCUT2D eigenvalue weighted by atomic mass is 32.1. The van der Waals surface area contributed by atoms with Crippen LogP contribution in [-0.4, -0.2) is 69.7 Å². The number of carbonyl (C=O) groups is 1. The molecule has 1 aromatic heterocycles. The van der Waals surface area contributed by atoms with E-state index in [0.29, 0.717) is 49.8 Å². The van der Waals surface area contributed by atoms with Crippen molar-refractivity contribution in [2.24, 2.45) is 4.99 Å². The van der Waals surface area contributed by atoms with Crippen LogP contribution in [0.1, 0.15) is 29.4 Å². The molecule has 0 radical (unpaired) electrons. The zero-order valence-electron chi connectivity index (χ0n) is 19.8. The van der Waals surface area contributed by atoms with Crippen LogP contribution in [0.25, 0.3) is 0 Å². The predicted octanol–water partition coefficient (Wildman–Crippen LogP) is 3.65. The predicted molar refractivity (Wildman–Crippen MR) is 135 cm³/mol. The number of aryl methyl sites for hydroxylation is 4. The van der Waals surface area contributed by atoms with Crippen molar-refractivity contribution < 1.29 is 9.53 Å². The van der Waals surface area contributed by atoms with Crippen LogP contribution >= 0.6 is 12.2 Å². The third-order valence-corrected chi connectivity index (χ3v) is 5.18. The molecule has 0 saturated carbocycles. The lowest BCUT2D eigenvalue weighted by molar-refractivity contribution is 0.0920. The van der Waals surface area contributed by atoms with Crippen LogP contribution in [-0.2, 0) is 4.74 Å². The van der Waals surface area contributed by atoms with E-state index in [1.165, 1.54) is 0 Å². The Hall–Kier alpha value is -3.27. The Morgan fingerprint density at radius 2 is 1.55 bits per heavy atom. The molecule has 0 atom stereocenters. The molecule has 9 nitrogen and oxygen atoms in total. The SMILES string of the molecule is CCOC(=O)N1CCN(/C(=N\C(=S)Nc2cc(C)cc(C)c2)Nc2nc(C)cc(C)n2)CC1. The lowest BCUT2D eigenvalue weighted by Crippen LogP contribution is -2.52. The standard InChI is InChI=1S/C23H31N7O2S/c1-6-32-23(31)30-9-7-29(8-10-30)21(27-20-24-17(4)14-18(5)25-20)28-22(33)26-19-12-15(2)11-16(3)13-19/h11-14H,6-10H2,1-5H3,(H2,24,25,26,27,28,33). The quantitative estimate of drug-likeness (QED) is 0.400. The van der Waals surface area contributed by atoms with Crippen molar-refractivity contribution in [2.45, 2.75) is 34.6 Å². The van der Waals surface area contributed by atoms with Crippen molar-refractivity contribution in [3.05, 3.63) is 46.8 Å². The van der Waals surface area contributed by atoms with Gasteiger partial charge in [0.2, 0.25) is 17.0 Å². The number of guanidine groups is 1. The van der Waals surface area contributed by atoms with Crippen molar-refractivity contribution in [1.29, 1.82) is 0 Å². The molecule has 2 heterocycles. The maximum Gasteiger partial charge on any atom is 0.409 e. The molecule has 176 valence electrons. The number of benzene rings is 1. The topological polar surface area (TPSA) is 95.0 Å². The van der Waals surface area contributed by atoms with E-state index in [9.17, 15) is 4.79 Å². The largest absolute Gasteiger partial charge is 0.450 e. The summed E-state index contributed by atoms with van der Waals surface area (Å²) in [5.74, 6) is 0.985. The Bertz CT molecular complexity index is 1010. The van der Waals surface area contributed by atoms with Crippen LogP contribution in [0.3, 0.4) is 0 Å². The van der Waals surface area contributed by atoms with Gasteiger partial charge in [0.25, 0.3) is 0 Å². The Balaban J connectivity index is 1.80. The number of aromatic nitrogens is 2. The summed E-state index contributed by atoms with van der Waals surface area (Å²) in [6.07, 6.45) is -0.298. The van der Waals surface area contributed by atoms with Crippen molar-refractivity contribution in [2.75, 3.05) is 43.4 Å². The van der Waals surface area contributed by atoms with E-state index in [4.69, 9.17) is 17.0 Å². The fourth-order valence-corrected chi connectivity index (χ4v) is 3.87. The van der Waals surface area contributed by atoms with Crippen LogP contribution in [0.2, 0.25) is 0 Å². The lowest BCUT2D eigenvalue weighted by atomic mass is 10.1. The molecule has 0 spiro atoms. The summed E-state index contributed by atoms with van der Waals surface area (Å²) in [5.41, 5.74) is 4.87. The third-order valence-electron chi connectivity index (χ3n) is 4.99. The minimum absolute atomic E-state index is 0.298. The Morgan fingerprint density at radius 1 is 0.970 bits per heavy atom. The molecule has 3 rings (SSSR count). The highest BCUT2D eigenvalue weighted by Gasteiger charge is 2.25.